The Labute approximate surface area is 87.6 Å². The van der Waals surface area contributed by atoms with Gasteiger partial charge in [0.25, 0.3) is 0 Å². The molecular weight excluding hydrogens is 142 g/mol. The van der Waals surface area contributed by atoms with E-state index in [2.05, 4.69) is 0 Å². The molecule has 0 aromatic rings. The van der Waals surface area contributed by atoms with Crippen molar-refractivity contribution in [3.63, 3.8) is 0 Å². The van der Waals surface area contributed by atoms with Crippen LogP contribution in [-0.2, 0) is 0 Å². The molecule has 0 fully saturated rings. The van der Waals surface area contributed by atoms with Crippen LogP contribution in [0.25, 0.3) is 0 Å². The minimum atomic E-state index is 0. The van der Waals surface area contributed by atoms with Gasteiger partial charge in [0.05, 0.1) is 0 Å². The molecule has 0 atom stereocenters. The number of rotatable bonds is 0. The molecule has 0 bridgehead atoms. The van der Waals surface area contributed by atoms with Gasteiger partial charge in [0.15, 0.2) is 17.4 Å². The van der Waals surface area contributed by atoms with Gasteiger partial charge in [-0.1, -0.05) is 0 Å². The summed E-state index contributed by atoms with van der Waals surface area (Å²) in [6.45, 7) is 0. The van der Waals surface area contributed by atoms with Crippen LogP contribution in [0.1, 0.15) is 1.43 Å². The molecular formula is H8AlF4K. The van der Waals surface area contributed by atoms with Crippen LogP contribution >= 0.6 is 0 Å². The molecule has 0 spiro atoms. The Bertz CT molecular complexity index is 11.7. The molecule has 0 aliphatic carbocycles. The second kappa shape index (κ2) is 67.0. The van der Waals surface area contributed by atoms with E-state index in [-0.39, 0.29) is 89.0 Å². The summed E-state index contributed by atoms with van der Waals surface area (Å²) in [4.78, 5) is 0. The first-order valence-electron chi connectivity index (χ1n) is 0. The minimum absolute atomic E-state index is 0. The number of hydrogen-bond acceptors (Lipinski definition) is 0. The molecule has 40 valence electrons. The fourth-order valence-corrected chi connectivity index (χ4v) is 0. The minimum Gasteiger partial charge on any atom is -1.00 e. The molecule has 0 saturated carbocycles. The molecule has 0 aliphatic rings. The molecule has 6 heteroatoms. The van der Waals surface area contributed by atoms with Crippen molar-refractivity contribution in [2.45, 2.75) is 0 Å². The van der Waals surface area contributed by atoms with Crippen LogP contribution < -0.4 is 51.4 Å². The summed E-state index contributed by atoms with van der Waals surface area (Å²) < 4.78 is 0. The van der Waals surface area contributed by atoms with E-state index in [9.17, 15) is 0 Å². The van der Waals surface area contributed by atoms with Gasteiger partial charge in [-0.25, -0.2) is 0 Å². The fourth-order valence-electron chi connectivity index (χ4n) is 0. The van der Waals surface area contributed by atoms with Crippen molar-refractivity contribution in [2.24, 2.45) is 0 Å². The Morgan fingerprint density at radius 2 is 0.667 bits per heavy atom. The first-order chi connectivity index (χ1) is 0. The second-order valence-electron chi connectivity index (χ2n) is 0. The molecule has 0 aromatic heterocycles. The van der Waals surface area contributed by atoms with Crippen LogP contribution in [-0.4, -0.2) is 17.4 Å². The summed E-state index contributed by atoms with van der Waals surface area (Å²) in [5.41, 5.74) is 0. The molecule has 0 radical (unpaired) electrons. The first kappa shape index (κ1) is 105. The van der Waals surface area contributed by atoms with Gasteiger partial charge in [-0.2, -0.15) is 0 Å². The van der Waals surface area contributed by atoms with Gasteiger partial charge in [0, 0.05) is 0 Å². The van der Waals surface area contributed by atoms with Crippen molar-refractivity contribution in [3.05, 3.63) is 0 Å². The Morgan fingerprint density at radius 3 is 0.667 bits per heavy atom. The molecule has 6 heavy (non-hydrogen) atoms. The summed E-state index contributed by atoms with van der Waals surface area (Å²) in [5.74, 6) is 0. The van der Waals surface area contributed by atoms with Crippen molar-refractivity contribution >= 4 is 17.4 Å². The Hall–Kier alpha value is 1.89. The van der Waals surface area contributed by atoms with Crippen molar-refractivity contribution in [2.75, 3.05) is 0 Å². The van der Waals surface area contributed by atoms with E-state index in [1.54, 1.807) is 0 Å². The third-order valence-corrected chi connectivity index (χ3v) is 0. The van der Waals surface area contributed by atoms with Gasteiger partial charge in [0.2, 0.25) is 0 Å². The van der Waals surface area contributed by atoms with E-state index < -0.39 is 0 Å². The summed E-state index contributed by atoms with van der Waals surface area (Å²) in [5, 5.41) is 0. The molecule has 0 heterocycles. The maximum absolute atomic E-state index is 0. The zero-order valence-corrected chi connectivity index (χ0v) is 5.76. The maximum atomic E-state index is 0. The van der Waals surface area contributed by atoms with Crippen LogP contribution in [0, 0.1) is 0 Å². The van der Waals surface area contributed by atoms with E-state index >= 15 is 0 Å². The van der Waals surface area contributed by atoms with Crippen molar-refractivity contribution in [3.8, 4) is 0 Å². The maximum Gasteiger partial charge on any atom is 1.00 e. The van der Waals surface area contributed by atoms with Gasteiger partial charge in [0.1, 0.15) is 0 Å². The van der Waals surface area contributed by atoms with Gasteiger partial charge < -0.3 is 1.43 Å². The Kier molecular flexibility index (Phi) is 1170. The average molecular weight is 150 g/mol. The van der Waals surface area contributed by atoms with Crippen LogP contribution in [0.4, 0.5) is 18.8 Å². The van der Waals surface area contributed by atoms with Crippen LogP contribution in [0.3, 0.4) is 0 Å². The second-order valence-corrected chi connectivity index (χ2v) is 0. The monoisotopic (exact) mass is 150 g/mol. The van der Waals surface area contributed by atoms with Crippen LogP contribution in [0.15, 0.2) is 0 Å². The van der Waals surface area contributed by atoms with Gasteiger partial charge >= 0.3 is 51.4 Å². The van der Waals surface area contributed by atoms with Crippen molar-refractivity contribution < 1.29 is 71.6 Å². The summed E-state index contributed by atoms with van der Waals surface area (Å²) in [6.07, 6.45) is 0. The number of halogens is 4. The van der Waals surface area contributed by atoms with E-state index in [0.717, 1.165) is 0 Å². The Morgan fingerprint density at radius 1 is 0.667 bits per heavy atom. The molecule has 0 N–H and O–H groups in total. The van der Waals surface area contributed by atoms with Crippen molar-refractivity contribution in [1.82, 2.24) is 0 Å². The standard InChI is InChI=1S/Al.4FH.K.4H/h;4*1H;;;;;/q;;;;;+1;;;;-1. The molecule has 0 aliphatic heterocycles. The summed E-state index contributed by atoms with van der Waals surface area (Å²) in [6, 6.07) is 0. The number of hydrogen-bond donors (Lipinski definition) is 0. The van der Waals surface area contributed by atoms with Gasteiger partial charge in [-0.05, 0) is 0 Å². The fraction of sp³-hybridized carbons (Fsp3) is 0. The first-order valence-corrected chi connectivity index (χ1v) is 0. The largest absolute Gasteiger partial charge is 1.00 e. The van der Waals surface area contributed by atoms with E-state index in [1.807, 2.05) is 0 Å². The Balaban J connectivity index is 0. The van der Waals surface area contributed by atoms with Crippen LogP contribution in [0.5, 0.6) is 0 Å². The summed E-state index contributed by atoms with van der Waals surface area (Å²) >= 11 is 0. The molecule has 0 rings (SSSR count). The zero-order valence-electron chi connectivity index (χ0n) is 3.63. The normalized spacial score (nSPS) is 0. The van der Waals surface area contributed by atoms with Gasteiger partial charge in [-0.3, -0.25) is 18.8 Å². The average Bonchev–Trinajstić information content (AvgIpc) is 0. The van der Waals surface area contributed by atoms with E-state index in [0.29, 0.717) is 0 Å². The van der Waals surface area contributed by atoms with Gasteiger partial charge in [-0.15, -0.1) is 0 Å². The predicted octanol–water partition coefficient (Wildman–Crippen LogP) is -3.46. The van der Waals surface area contributed by atoms with Crippen LogP contribution in [0.2, 0.25) is 0 Å². The van der Waals surface area contributed by atoms with E-state index in [4.69, 9.17) is 0 Å². The smallest absolute Gasteiger partial charge is 1.00 e. The third-order valence-electron chi connectivity index (χ3n) is 0. The molecule has 0 unspecified atom stereocenters. The quantitative estimate of drug-likeness (QED) is 0.249. The molecule has 0 amide bonds. The molecule has 0 aromatic carbocycles. The summed E-state index contributed by atoms with van der Waals surface area (Å²) in [7, 11) is 0. The molecule has 0 saturated heterocycles. The van der Waals surface area contributed by atoms with Crippen molar-refractivity contribution in [1.29, 1.82) is 0 Å². The molecule has 0 nitrogen and oxygen atoms in total. The third kappa shape index (κ3) is 39.5. The predicted molar refractivity (Wildman–Crippen MR) is 21.1 cm³/mol. The zero-order chi connectivity index (χ0) is 0. The van der Waals surface area contributed by atoms with E-state index in [1.165, 1.54) is 0 Å². The SMILES string of the molecule is F.F.F.F.[AlH3].[H-].[K+]. The topological polar surface area (TPSA) is 0 Å².